The molecule has 0 aliphatic carbocycles. The van der Waals surface area contributed by atoms with Gasteiger partial charge in [0.1, 0.15) is 5.60 Å². The van der Waals surface area contributed by atoms with Crippen LogP contribution in [0.15, 0.2) is 0 Å². The van der Waals surface area contributed by atoms with Gasteiger partial charge in [-0.1, -0.05) is 45.2 Å². The lowest BCUT2D eigenvalue weighted by molar-refractivity contribution is -0.151. The van der Waals surface area contributed by atoms with Gasteiger partial charge >= 0.3 is 0 Å². The van der Waals surface area contributed by atoms with E-state index in [1.807, 2.05) is 0 Å². The lowest BCUT2D eigenvalue weighted by Crippen LogP contribution is -2.49. The maximum Gasteiger partial charge on any atom is 0.106 e. The average Bonchev–Trinajstić information content (AvgIpc) is 2.75. The number of rotatable bonds is 6. The van der Waals surface area contributed by atoms with Gasteiger partial charge in [0.05, 0.1) is 18.3 Å². The summed E-state index contributed by atoms with van der Waals surface area (Å²) in [6.45, 7) is 0.264. The van der Waals surface area contributed by atoms with Crippen LogP contribution in [-0.4, -0.2) is 44.5 Å². The topological polar surface area (TPSA) is 38.7 Å². The van der Waals surface area contributed by atoms with Gasteiger partial charge in [0.25, 0.3) is 0 Å². The molecule has 0 spiro atoms. The van der Waals surface area contributed by atoms with Gasteiger partial charge in [-0.15, -0.1) is 0 Å². The summed E-state index contributed by atoms with van der Waals surface area (Å²) in [6.07, 6.45) is 7.24. The largest absolute Gasteiger partial charge is 0.396 e. The molecule has 2 aliphatic heterocycles. The predicted octanol–water partition coefficient (Wildman–Crippen LogP) is 3.09. The van der Waals surface area contributed by atoms with Crippen molar-refractivity contribution in [1.29, 1.82) is 0 Å². The fourth-order valence-electron chi connectivity index (χ4n) is 3.09. The normalized spacial score (nSPS) is 39.8. The Morgan fingerprint density at radius 3 is 2.67 bits per heavy atom. The molecule has 106 valence electrons. The molecule has 0 bridgehead atoms. The van der Waals surface area contributed by atoms with Crippen LogP contribution >= 0.6 is 45.2 Å². The van der Waals surface area contributed by atoms with Gasteiger partial charge in [0.15, 0.2) is 0 Å². The van der Waals surface area contributed by atoms with Crippen molar-refractivity contribution in [3.05, 3.63) is 0 Å². The lowest BCUT2D eigenvalue weighted by Gasteiger charge is -2.41. The van der Waals surface area contributed by atoms with Crippen LogP contribution in [0.25, 0.3) is 0 Å². The van der Waals surface area contributed by atoms with Crippen LogP contribution in [0.4, 0.5) is 0 Å². The summed E-state index contributed by atoms with van der Waals surface area (Å²) in [4.78, 5) is 0. The van der Waals surface area contributed by atoms with Crippen molar-refractivity contribution in [2.45, 2.75) is 62.4 Å². The first kappa shape index (κ1) is 15.7. The van der Waals surface area contributed by atoms with Gasteiger partial charge in [-0.3, -0.25) is 0 Å². The number of aliphatic hydroxyl groups is 1. The van der Waals surface area contributed by atoms with Crippen molar-refractivity contribution in [3.8, 4) is 0 Å². The van der Waals surface area contributed by atoms with Crippen molar-refractivity contribution in [2.24, 2.45) is 0 Å². The summed E-state index contributed by atoms with van der Waals surface area (Å²) in [5.41, 5.74) is -0.0462. The fraction of sp³-hybridized carbons (Fsp3) is 1.00. The van der Waals surface area contributed by atoms with Crippen molar-refractivity contribution < 1.29 is 14.6 Å². The van der Waals surface area contributed by atoms with E-state index in [1.165, 1.54) is 4.43 Å². The lowest BCUT2D eigenvalue weighted by atomic mass is 9.87. The first-order chi connectivity index (χ1) is 8.74. The Labute approximate surface area is 137 Å². The smallest absolute Gasteiger partial charge is 0.106 e. The molecule has 1 N–H and O–H groups in total. The van der Waals surface area contributed by atoms with E-state index in [9.17, 15) is 0 Å². The molecule has 2 heterocycles. The highest BCUT2D eigenvalue weighted by Gasteiger charge is 2.51. The van der Waals surface area contributed by atoms with E-state index >= 15 is 0 Å². The highest BCUT2D eigenvalue weighted by atomic mass is 127. The number of hydrogen-bond acceptors (Lipinski definition) is 3. The molecule has 4 atom stereocenters. The molecular weight excluding hydrogens is 458 g/mol. The molecular formula is C13H22I2O3. The highest BCUT2D eigenvalue weighted by Crippen LogP contribution is 2.44. The third kappa shape index (κ3) is 3.51. The van der Waals surface area contributed by atoms with Crippen LogP contribution in [0.3, 0.4) is 0 Å². The van der Waals surface area contributed by atoms with E-state index in [2.05, 4.69) is 45.2 Å². The van der Waals surface area contributed by atoms with Crippen molar-refractivity contribution >= 4 is 45.2 Å². The molecule has 2 fully saturated rings. The highest BCUT2D eigenvalue weighted by molar-refractivity contribution is 14.1. The third-order valence-corrected chi connectivity index (χ3v) is 5.92. The second-order valence-corrected chi connectivity index (χ2v) is 7.15. The summed E-state index contributed by atoms with van der Waals surface area (Å²) in [7, 11) is 0. The van der Waals surface area contributed by atoms with Crippen LogP contribution in [0.2, 0.25) is 0 Å². The maximum absolute atomic E-state index is 8.93. The minimum atomic E-state index is -0.0462. The molecule has 2 aliphatic rings. The molecule has 0 aromatic rings. The molecule has 3 nitrogen and oxygen atoms in total. The molecule has 0 aromatic carbocycles. The van der Waals surface area contributed by atoms with Crippen LogP contribution in [0, 0.1) is 0 Å². The van der Waals surface area contributed by atoms with Crippen LogP contribution in [-0.2, 0) is 9.47 Å². The first-order valence-corrected chi connectivity index (χ1v) is 9.85. The predicted molar refractivity (Wildman–Crippen MR) is 88.8 cm³/mol. The third-order valence-electron chi connectivity index (χ3n) is 4.01. The number of ether oxygens (including phenoxy) is 2. The van der Waals surface area contributed by atoms with Gasteiger partial charge in [0, 0.05) is 21.9 Å². The molecule has 0 unspecified atom stereocenters. The Hall–Kier alpha value is 1.34. The Morgan fingerprint density at radius 2 is 2.00 bits per heavy atom. The van der Waals surface area contributed by atoms with E-state index in [4.69, 9.17) is 14.6 Å². The average molecular weight is 480 g/mol. The van der Waals surface area contributed by atoms with E-state index < -0.39 is 0 Å². The SMILES string of the molecule is OCCC[C@H]1C[C@]2(CI)O[C@@H](CCI)CC[C@@H]2O1. The van der Waals surface area contributed by atoms with Crippen molar-refractivity contribution in [1.82, 2.24) is 0 Å². The Kier molecular flexibility index (Phi) is 6.44. The summed E-state index contributed by atoms with van der Waals surface area (Å²) in [5, 5.41) is 8.93. The van der Waals surface area contributed by atoms with Gasteiger partial charge in [-0.05, 0) is 32.1 Å². The van der Waals surface area contributed by atoms with Crippen molar-refractivity contribution in [2.75, 3.05) is 15.5 Å². The Morgan fingerprint density at radius 1 is 1.17 bits per heavy atom. The Bertz CT molecular complexity index is 265. The molecule has 0 amide bonds. The summed E-state index contributed by atoms with van der Waals surface area (Å²) in [5.74, 6) is 0. The second-order valence-electron chi connectivity index (χ2n) is 5.31. The summed E-state index contributed by atoms with van der Waals surface area (Å²) < 4.78 is 14.7. The molecule has 0 radical (unpaired) electrons. The van der Waals surface area contributed by atoms with Crippen LogP contribution in [0.5, 0.6) is 0 Å². The zero-order chi connectivity index (χ0) is 13.0. The standard InChI is InChI=1S/C13H22I2O3/c14-6-5-10-3-4-12-13(9-15,18-10)8-11(17-12)2-1-7-16/h10-12,16H,1-9H2/t10-,11+,12+,13-/m1/s1. The molecule has 0 aromatic heterocycles. The molecule has 2 saturated heterocycles. The second kappa shape index (κ2) is 7.38. The maximum atomic E-state index is 8.93. The summed E-state index contributed by atoms with van der Waals surface area (Å²) >= 11 is 4.87. The number of aliphatic hydroxyl groups excluding tert-OH is 1. The first-order valence-electron chi connectivity index (χ1n) is 6.80. The van der Waals surface area contributed by atoms with E-state index in [1.54, 1.807) is 0 Å². The molecule has 2 rings (SSSR count). The Balaban J connectivity index is 1.96. The fourth-order valence-corrected chi connectivity index (χ4v) is 4.77. The minimum Gasteiger partial charge on any atom is -0.396 e. The zero-order valence-corrected chi connectivity index (χ0v) is 14.9. The number of fused-ring (bicyclic) bond motifs is 1. The van der Waals surface area contributed by atoms with Gasteiger partial charge in [-0.25, -0.2) is 0 Å². The van der Waals surface area contributed by atoms with Crippen LogP contribution < -0.4 is 0 Å². The molecule has 18 heavy (non-hydrogen) atoms. The van der Waals surface area contributed by atoms with Gasteiger partial charge < -0.3 is 14.6 Å². The monoisotopic (exact) mass is 480 g/mol. The van der Waals surface area contributed by atoms with E-state index in [0.717, 1.165) is 43.0 Å². The summed E-state index contributed by atoms with van der Waals surface area (Å²) in [6, 6.07) is 0. The zero-order valence-electron chi connectivity index (χ0n) is 10.6. The minimum absolute atomic E-state index is 0.0462. The van der Waals surface area contributed by atoms with E-state index in [-0.39, 0.29) is 24.4 Å². The number of halogens is 2. The van der Waals surface area contributed by atoms with Crippen molar-refractivity contribution in [3.63, 3.8) is 0 Å². The van der Waals surface area contributed by atoms with E-state index in [0.29, 0.717) is 6.10 Å². The van der Waals surface area contributed by atoms with Crippen LogP contribution in [0.1, 0.15) is 38.5 Å². The van der Waals surface area contributed by atoms with Gasteiger partial charge in [-0.2, -0.15) is 0 Å². The quantitative estimate of drug-likeness (QED) is 0.470. The molecule has 0 saturated carbocycles. The van der Waals surface area contributed by atoms with Gasteiger partial charge in [0.2, 0.25) is 0 Å². The number of hydrogen-bond donors (Lipinski definition) is 1. The number of alkyl halides is 2. The molecule has 5 heteroatoms.